The van der Waals surface area contributed by atoms with Gasteiger partial charge < -0.3 is 49.3 Å². The molecule has 1 spiro atoms. The first-order valence-corrected chi connectivity index (χ1v) is 20.0. The van der Waals surface area contributed by atoms with Crippen LogP contribution in [0.25, 0.3) is 33.6 Å². The first kappa shape index (κ1) is 39.1. The molecule has 4 fully saturated rings. The molecule has 6 heterocycles. The third-order valence-corrected chi connectivity index (χ3v) is 11.9. The van der Waals surface area contributed by atoms with E-state index in [9.17, 15) is 19.2 Å². The highest BCUT2D eigenvalue weighted by Crippen LogP contribution is 2.43. The maximum Gasteiger partial charge on any atom is 0.407 e. The lowest BCUT2D eigenvalue weighted by atomic mass is 10.0. The van der Waals surface area contributed by atoms with Gasteiger partial charge in [0.25, 0.3) is 0 Å². The van der Waals surface area contributed by atoms with Gasteiger partial charge in [0.05, 0.1) is 69.8 Å². The molecule has 0 bridgehead atoms. The van der Waals surface area contributed by atoms with Crippen molar-refractivity contribution in [3.63, 3.8) is 0 Å². The van der Waals surface area contributed by atoms with Crippen LogP contribution in [0.5, 0.6) is 0 Å². The van der Waals surface area contributed by atoms with Crippen molar-refractivity contribution < 1.29 is 38.1 Å². The van der Waals surface area contributed by atoms with Crippen LogP contribution in [0.15, 0.2) is 60.9 Å². The van der Waals surface area contributed by atoms with E-state index in [2.05, 4.69) is 57.0 Å². The number of nitrogens with one attached hydrogen (secondary N) is 4. The number of fused-ring (bicyclic) bond motifs is 1. The number of carbonyl (C=O) groups is 4. The molecule has 4 aliphatic rings. The summed E-state index contributed by atoms with van der Waals surface area (Å²) in [7, 11) is 2.57. The Labute approximate surface area is 336 Å². The van der Waals surface area contributed by atoms with E-state index >= 15 is 0 Å². The Morgan fingerprint density at radius 1 is 0.793 bits per heavy atom. The van der Waals surface area contributed by atoms with Crippen molar-refractivity contribution >= 4 is 24.0 Å². The first-order valence-electron chi connectivity index (χ1n) is 20.0. The SMILES string of the molecule is COC(=O)N[C@H]1CCC[C@H]2CC[C@@H](c3ncc(-c4ccc(-c5ccc(-c6cnc([C@@H]7CC8(CN7C(=O)[C@@H](NC(=O)OC)C(C)C)OCCO8)[nH]6)cc5)cc4)[nH]3)N2C1=O. The second kappa shape index (κ2) is 16.3. The summed E-state index contributed by atoms with van der Waals surface area (Å²) in [6.45, 7) is 4.84. The van der Waals surface area contributed by atoms with E-state index in [1.807, 2.05) is 37.1 Å². The number of hydrogen-bond donors (Lipinski definition) is 4. The summed E-state index contributed by atoms with van der Waals surface area (Å²) in [5, 5.41) is 5.41. The van der Waals surface area contributed by atoms with Gasteiger partial charge in [0.15, 0.2) is 5.79 Å². The molecule has 4 N–H and O–H groups in total. The predicted octanol–water partition coefficient (Wildman–Crippen LogP) is 5.47. The van der Waals surface area contributed by atoms with Crippen LogP contribution in [0.3, 0.4) is 0 Å². The molecule has 4 aromatic rings. The predicted molar refractivity (Wildman–Crippen MR) is 211 cm³/mol. The van der Waals surface area contributed by atoms with Gasteiger partial charge in [-0.1, -0.05) is 62.4 Å². The minimum absolute atomic E-state index is 0.0855. The molecule has 4 amide bonds. The molecular weight excluding hydrogens is 745 g/mol. The third-order valence-electron chi connectivity index (χ3n) is 11.9. The highest BCUT2D eigenvalue weighted by molar-refractivity contribution is 5.87. The number of aromatic nitrogens is 4. The molecule has 16 heteroatoms. The number of rotatable bonds is 9. The van der Waals surface area contributed by atoms with Crippen molar-refractivity contribution in [2.24, 2.45) is 5.92 Å². The van der Waals surface area contributed by atoms with E-state index in [-0.39, 0.29) is 36.4 Å². The fraction of sp³-hybridized carbons (Fsp3) is 0.476. The molecule has 5 atom stereocenters. The van der Waals surface area contributed by atoms with Gasteiger partial charge in [0.2, 0.25) is 11.8 Å². The maximum absolute atomic E-state index is 14.0. The highest BCUT2D eigenvalue weighted by Gasteiger charge is 2.53. The van der Waals surface area contributed by atoms with E-state index in [0.29, 0.717) is 31.9 Å². The summed E-state index contributed by atoms with van der Waals surface area (Å²) < 4.78 is 21.6. The van der Waals surface area contributed by atoms with Gasteiger partial charge >= 0.3 is 12.2 Å². The fourth-order valence-electron chi connectivity index (χ4n) is 8.85. The van der Waals surface area contributed by atoms with Gasteiger partial charge in [-0.05, 0) is 60.3 Å². The van der Waals surface area contributed by atoms with Gasteiger partial charge in [-0.25, -0.2) is 19.6 Å². The number of imidazole rings is 2. The van der Waals surface area contributed by atoms with E-state index in [1.165, 1.54) is 14.2 Å². The van der Waals surface area contributed by atoms with Crippen molar-refractivity contribution in [1.29, 1.82) is 0 Å². The normalized spacial score (nSPS) is 23.2. The number of benzene rings is 2. The zero-order valence-electron chi connectivity index (χ0n) is 33.2. The van der Waals surface area contributed by atoms with Crippen molar-refractivity contribution in [2.75, 3.05) is 34.0 Å². The van der Waals surface area contributed by atoms with Crippen molar-refractivity contribution in [2.45, 2.75) is 88.4 Å². The number of nitrogens with zero attached hydrogens (tertiary/aromatic N) is 4. The Morgan fingerprint density at radius 2 is 1.36 bits per heavy atom. The molecule has 2 aromatic heterocycles. The maximum atomic E-state index is 14.0. The average molecular weight is 795 g/mol. The Bertz CT molecular complexity index is 2130. The monoisotopic (exact) mass is 794 g/mol. The van der Waals surface area contributed by atoms with E-state index < -0.39 is 36.1 Å². The number of carbonyl (C=O) groups excluding carboxylic acids is 4. The minimum Gasteiger partial charge on any atom is -0.453 e. The molecule has 4 aliphatic heterocycles. The Morgan fingerprint density at radius 3 is 1.93 bits per heavy atom. The van der Waals surface area contributed by atoms with Crippen LogP contribution in [-0.4, -0.2) is 112 Å². The van der Waals surface area contributed by atoms with E-state index in [1.54, 1.807) is 11.1 Å². The fourth-order valence-corrected chi connectivity index (χ4v) is 8.85. The molecule has 8 rings (SSSR count). The molecule has 306 valence electrons. The smallest absolute Gasteiger partial charge is 0.407 e. The molecule has 0 aliphatic carbocycles. The molecule has 58 heavy (non-hydrogen) atoms. The Balaban J connectivity index is 0.949. The molecule has 0 radical (unpaired) electrons. The van der Waals surface area contributed by atoms with E-state index in [4.69, 9.17) is 28.9 Å². The highest BCUT2D eigenvalue weighted by atomic mass is 16.7. The molecule has 4 saturated heterocycles. The van der Waals surface area contributed by atoms with Crippen LogP contribution in [-0.2, 0) is 28.5 Å². The van der Waals surface area contributed by atoms with Crippen LogP contribution in [0.4, 0.5) is 9.59 Å². The van der Waals surface area contributed by atoms with E-state index in [0.717, 1.165) is 65.1 Å². The van der Waals surface area contributed by atoms with Gasteiger partial charge in [-0.15, -0.1) is 0 Å². The number of aromatic amines is 2. The number of amides is 4. The van der Waals surface area contributed by atoms with Crippen LogP contribution in [0.1, 0.15) is 76.1 Å². The second-order valence-corrected chi connectivity index (χ2v) is 15.8. The quantitative estimate of drug-likeness (QED) is 0.169. The Kier molecular flexibility index (Phi) is 11.0. The summed E-state index contributed by atoms with van der Waals surface area (Å²) in [6.07, 6.45) is 6.75. The second-order valence-electron chi connectivity index (χ2n) is 15.8. The van der Waals surface area contributed by atoms with Gasteiger partial charge in [0, 0.05) is 12.5 Å². The van der Waals surface area contributed by atoms with Crippen molar-refractivity contribution in [3.05, 3.63) is 72.6 Å². The zero-order valence-corrected chi connectivity index (χ0v) is 33.2. The Hall–Kier alpha value is -5.74. The average Bonchev–Trinajstić information content (AvgIpc) is 4.10. The number of hydrogen-bond acceptors (Lipinski definition) is 10. The molecular formula is C42H50N8O8. The standard InChI is InChI=1S/C42H50N8O8/c1-24(2)35(48-41(54)56-4)39(52)49-23-42(57-18-19-58-42)20-34(49)37-44-22-32(46-37)28-14-10-26(11-15-28)25-8-12-27(13-9-25)31-21-43-36(45-31)33-17-16-29-6-5-7-30(38(51)50(29)33)47-40(53)55-3/h8-15,21-22,24,29-30,33-35H,5-7,16-20,23H2,1-4H3,(H,43,45)(H,44,46)(H,47,53)(H,48,54)/t29-,30-,33-,34-,35-/m0/s1. The van der Waals surface area contributed by atoms with Crippen LogP contribution in [0, 0.1) is 5.92 Å². The topological polar surface area (TPSA) is 193 Å². The third kappa shape index (κ3) is 7.65. The lowest BCUT2D eigenvalue weighted by Crippen LogP contribution is -2.52. The van der Waals surface area contributed by atoms with Gasteiger partial charge in [-0.2, -0.15) is 0 Å². The summed E-state index contributed by atoms with van der Waals surface area (Å²) in [5.74, 6) is -0.119. The minimum atomic E-state index is -0.931. The number of H-pyrrole nitrogens is 2. The van der Waals surface area contributed by atoms with Crippen LogP contribution < -0.4 is 10.6 Å². The largest absolute Gasteiger partial charge is 0.453 e. The summed E-state index contributed by atoms with van der Waals surface area (Å²) in [4.78, 5) is 71.6. The first-order chi connectivity index (χ1) is 28.1. The molecule has 2 aromatic carbocycles. The van der Waals surface area contributed by atoms with Gasteiger partial charge in [-0.3, -0.25) is 9.59 Å². The summed E-state index contributed by atoms with van der Waals surface area (Å²) >= 11 is 0. The lowest BCUT2D eigenvalue weighted by Gasteiger charge is -2.30. The zero-order chi connectivity index (χ0) is 40.6. The van der Waals surface area contributed by atoms with Crippen molar-refractivity contribution in [3.8, 4) is 33.6 Å². The number of alkyl carbamates (subject to hydrolysis) is 2. The van der Waals surface area contributed by atoms with Crippen molar-refractivity contribution in [1.82, 2.24) is 40.4 Å². The lowest BCUT2D eigenvalue weighted by molar-refractivity contribution is -0.153. The number of methoxy groups -OCH3 is 2. The molecule has 0 saturated carbocycles. The number of ether oxygens (including phenoxy) is 4. The number of likely N-dealkylation sites (tertiary alicyclic amines) is 1. The molecule has 0 unspecified atom stereocenters. The van der Waals surface area contributed by atoms with Crippen LogP contribution in [0.2, 0.25) is 0 Å². The molecule has 16 nitrogen and oxygen atoms in total. The van der Waals surface area contributed by atoms with Crippen LogP contribution >= 0.6 is 0 Å². The van der Waals surface area contributed by atoms with Gasteiger partial charge in [0.1, 0.15) is 23.7 Å². The summed E-state index contributed by atoms with van der Waals surface area (Å²) in [5.41, 5.74) is 5.64. The summed E-state index contributed by atoms with van der Waals surface area (Å²) in [6, 6.07) is 14.5.